The van der Waals surface area contributed by atoms with Gasteiger partial charge in [0.25, 0.3) is 0 Å². The Kier molecular flexibility index (Phi) is 9.18. The molecule has 0 radical (unpaired) electrons. The molecular weight excluding hydrogens is 439 g/mol. The predicted octanol–water partition coefficient (Wildman–Crippen LogP) is 5.54. The number of benzene rings is 3. The van der Waals surface area contributed by atoms with Crippen molar-refractivity contribution in [1.29, 1.82) is 0 Å². The van der Waals surface area contributed by atoms with Gasteiger partial charge in [0.15, 0.2) is 0 Å². The Balaban J connectivity index is 1.98. The van der Waals surface area contributed by atoms with E-state index in [2.05, 4.69) is 11.4 Å². The van der Waals surface area contributed by atoms with Gasteiger partial charge in [-0.25, -0.2) is 4.39 Å². The molecule has 0 aromatic heterocycles. The molecule has 0 fully saturated rings. The molecule has 0 aliphatic rings. The molecule has 35 heavy (non-hydrogen) atoms. The summed E-state index contributed by atoms with van der Waals surface area (Å²) in [7, 11) is 0. The zero-order valence-electron chi connectivity index (χ0n) is 21.1. The van der Waals surface area contributed by atoms with Crippen LogP contribution in [0.1, 0.15) is 48.1 Å². The van der Waals surface area contributed by atoms with Gasteiger partial charge in [0.05, 0.1) is 6.42 Å². The van der Waals surface area contributed by atoms with Crippen LogP contribution in [0.25, 0.3) is 0 Å². The van der Waals surface area contributed by atoms with E-state index < -0.39 is 6.04 Å². The summed E-state index contributed by atoms with van der Waals surface area (Å²) in [6.45, 7) is 8.21. The van der Waals surface area contributed by atoms with E-state index in [0.717, 1.165) is 34.2 Å². The van der Waals surface area contributed by atoms with E-state index in [-0.39, 0.29) is 36.6 Å². The van der Waals surface area contributed by atoms with E-state index in [0.29, 0.717) is 6.42 Å². The van der Waals surface area contributed by atoms with Gasteiger partial charge in [0, 0.05) is 19.0 Å². The first-order valence-electron chi connectivity index (χ1n) is 12.2. The lowest BCUT2D eigenvalue weighted by Crippen LogP contribution is -2.52. The maximum atomic E-state index is 13.8. The lowest BCUT2D eigenvalue weighted by atomic mass is 10.00. The zero-order valence-corrected chi connectivity index (χ0v) is 21.1. The summed E-state index contributed by atoms with van der Waals surface area (Å²) in [6, 6.07) is 21.2. The Labute approximate surface area is 208 Å². The average Bonchev–Trinajstić information content (AvgIpc) is 2.82. The molecule has 3 aromatic rings. The van der Waals surface area contributed by atoms with E-state index in [1.54, 1.807) is 17.0 Å². The zero-order chi connectivity index (χ0) is 25.4. The summed E-state index contributed by atoms with van der Waals surface area (Å²) in [5, 5.41) is 3.07. The van der Waals surface area contributed by atoms with E-state index in [9.17, 15) is 14.0 Å². The number of nitrogens with one attached hydrogen (secondary N) is 1. The summed E-state index contributed by atoms with van der Waals surface area (Å²) < 4.78 is 13.6. The van der Waals surface area contributed by atoms with Crippen molar-refractivity contribution in [2.24, 2.45) is 0 Å². The highest BCUT2D eigenvalue weighted by atomic mass is 19.1. The Hall–Kier alpha value is -3.47. The third-order valence-electron chi connectivity index (χ3n) is 6.18. The molecule has 4 nitrogen and oxygen atoms in total. The standard InChI is InChI=1S/C30H35FN2O2/c1-5-23(4)32-30(35)28(18-24-9-7-6-8-10-24)33(20-25-11-13-27(31)14-12-25)29(34)19-26-16-21(2)15-22(3)17-26/h6-17,23,28H,5,18-20H2,1-4H3,(H,32,35)/t23-,28+/m0/s1. The monoisotopic (exact) mass is 474 g/mol. The fourth-order valence-corrected chi connectivity index (χ4v) is 4.23. The van der Waals surface area contributed by atoms with Gasteiger partial charge in [-0.3, -0.25) is 9.59 Å². The number of halogens is 1. The highest BCUT2D eigenvalue weighted by molar-refractivity contribution is 5.89. The first-order valence-corrected chi connectivity index (χ1v) is 12.2. The molecule has 0 unspecified atom stereocenters. The van der Waals surface area contributed by atoms with Crippen molar-refractivity contribution in [3.63, 3.8) is 0 Å². The minimum Gasteiger partial charge on any atom is -0.352 e. The van der Waals surface area contributed by atoms with Crippen molar-refractivity contribution in [3.05, 3.63) is 106 Å². The van der Waals surface area contributed by atoms with Gasteiger partial charge in [0.1, 0.15) is 11.9 Å². The van der Waals surface area contributed by atoms with Gasteiger partial charge < -0.3 is 10.2 Å². The van der Waals surface area contributed by atoms with Crippen molar-refractivity contribution >= 4 is 11.8 Å². The van der Waals surface area contributed by atoms with E-state index in [1.165, 1.54) is 12.1 Å². The lowest BCUT2D eigenvalue weighted by Gasteiger charge is -2.32. The van der Waals surface area contributed by atoms with Crippen LogP contribution in [0.15, 0.2) is 72.8 Å². The van der Waals surface area contributed by atoms with Crippen molar-refractivity contribution in [3.8, 4) is 0 Å². The molecule has 0 bridgehead atoms. The van der Waals surface area contributed by atoms with Gasteiger partial charge in [-0.2, -0.15) is 0 Å². The van der Waals surface area contributed by atoms with E-state index >= 15 is 0 Å². The number of nitrogens with zero attached hydrogens (tertiary/aromatic N) is 1. The van der Waals surface area contributed by atoms with Crippen LogP contribution in [0, 0.1) is 19.7 Å². The number of rotatable bonds is 10. The molecule has 2 amide bonds. The SMILES string of the molecule is CC[C@H](C)NC(=O)[C@@H](Cc1ccccc1)N(Cc1ccc(F)cc1)C(=O)Cc1cc(C)cc(C)c1. The van der Waals surface area contributed by atoms with Crippen LogP contribution in [-0.2, 0) is 29.0 Å². The molecule has 0 aliphatic carbocycles. The summed E-state index contributed by atoms with van der Waals surface area (Å²) in [6.07, 6.45) is 1.37. The smallest absolute Gasteiger partial charge is 0.243 e. The second kappa shape index (κ2) is 12.3. The Morgan fingerprint density at radius 3 is 2.11 bits per heavy atom. The quantitative estimate of drug-likeness (QED) is 0.419. The van der Waals surface area contributed by atoms with Crippen LogP contribution < -0.4 is 5.32 Å². The molecule has 0 spiro atoms. The van der Waals surface area contributed by atoms with Gasteiger partial charge >= 0.3 is 0 Å². The minimum absolute atomic E-state index is 0.0111. The van der Waals surface area contributed by atoms with Gasteiger partial charge in [-0.05, 0) is 56.0 Å². The topological polar surface area (TPSA) is 49.4 Å². The maximum Gasteiger partial charge on any atom is 0.243 e. The second-order valence-corrected chi connectivity index (χ2v) is 9.34. The predicted molar refractivity (Wildman–Crippen MR) is 138 cm³/mol. The summed E-state index contributed by atoms with van der Waals surface area (Å²) >= 11 is 0. The number of hydrogen-bond donors (Lipinski definition) is 1. The van der Waals surface area contributed by atoms with Crippen LogP contribution in [-0.4, -0.2) is 28.8 Å². The molecule has 2 atom stereocenters. The fraction of sp³-hybridized carbons (Fsp3) is 0.333. The molecule has 5 heteroatoms. The summed E-state index contributed by atoms with van der Waals surface area (Å²) in [5.74, 6) is -0.657. The number of carbonyl (C=O) groups excluding carboxylic acids is 2. The maximum absolute atomic E-state index is 13.8. The van der Waals surface area contributed by atoms with E-state index in [1.807, 2.05) is 70.2 Å². The van der Waals surface area contributed by atoms with Crippen molar-refractivity contribution in [2.45, 2.75) is 65.6 Å². The van der Waals surface area contributed by atoms with Gasteiger partial charge in [-0.1, -0.05) is 78.7 Å². The Morgan fingerprint density at radius 2 is 1.51 bits per heavy atom. The van der Waals surface area contributed by atoms with E-state index in [4.69, 9.17) is 0 Å². The number of carbonyl (C=O) groups is 2. The number of aryl methyl sites for hydroxylation is 2. The molecule has 0 saturated heterocycles. The molecule has 3 rings (SSSR count). The molecule has 1 N–H and O–H groups in total. The molecule has 0 aliphatic heterocycles. The van der Waals surface area contributed by atoms with Crippen LogP contribution >= 0.6 is 0 Å². The highest BCUT2D eigenvalue weighted by Gasteiger charge is 2.31. The molecule has 0 heterocycles. The van der Waals surface area contributed by atoms with Crippen molar-refractivity contribution in [1.82, 2.24) is 10.2 Å². The average molecular weight is 475 g/mol. The normalized spacial score (nSPS) is 12.6. The lowest BCUT2D eigenvalue weighted by molar-refractivity contribution is -0.141. The van der Waals surface area contributed by atoms with Crippen molar-refractivity contribution in [2.75, 3.05) is 0 Å². The third kappa shape index (κ3) is 7.78. The fourth-order valence-electron chi connectivity index (χ4n) is 4.23. The third-order valence-corrected chi connectivity index (χ3v) is 6.18. The Morgan fingerprint density at radius 1 is 0.886 bits per heavy atom. The number of amides is 2. The second-order valence-electron chi connectivity index (χ2n) is 9.34. The molecular formula is C30H35FN2O2. The van der Waals surface area contributed by atoms with Gasteiger partial charge in [0.2, 0.25) is 11.8 Å². The van der Waals surface area contributed by atoms with Crippen LogP contribution in [0.3, 0.4) is 0 Å². The summed E-state index contributed by atoms with van der Waals surface area (Å²) in [5.41, 5.74) is 4.84. The summed E-state index contributed by atoms with van der Waals surface area (Å²) in [4.78, 5) is 28.9. The molecule has 184 valence electrons. The van der Waals surface area contributed by atoms with Crippen molar-refractivity contribution < 1.29 is 14.0 Å². The number of hydrogen-bond acceptors (Lipinski definition) is 2. The first-order chi connectivity index (χ1) is 16.7. The first kappa shape index (κ1) is 26.1. The van der Waals surface area contributed by atoms with Gasteiger partial charge in [-0.15, -0.1) is 0 Å². The Bertz CT molecular complexity index is 1110. The molecule has 3 aromatic carbocycles. The highest BCUT2D eigenvalue weighted by Crippen LogP contribution is 2.18. The minimum atomic E-state index is -0.699. The largest absolute Gasteiger partial charge is 0.352 e. The molecule has 0 saturated carbocycles. The van der Waals surface area contributed by atoms with Crippen LogP contribution in [0.5, 0.6) is 0 Å². The van der Waals surface area contributed by atoms with Crippen LogP contribution in [0.2, 0.25) is 0 Å². The van der Waals surface area contributed by atoms with Crippen LogP contribution in [0.4, 0.5) is 4.39 Å².